The van der Waals surface area contributed by atoms with E-state index in [9.17, 15) is 0 Å². The second-order valence-electron chi connectivity index (χ2n) is 4.77. The first-order valence-electron chi connectivity index (χ1n) is 7.36. The third kappa shape index (κ3) is 3.61. The molecule has 0 aliphatic heterocycles. The van der Waals surface area contributed by atoms with Crippen LogP contribution in [-0.4, -0.2) is 13.2 Å². The average molecular weight is 269 g/mol. The average Bonchev–Trinajstić information content (AvgIpc) is 2.50. The first kappa shape index (κ1) is 14.6. The minimum absolute atomic E-state index is 0.180. The molecule has 0 saturated carbocycles. The Labute approximate surface area is 121 Å². The Morgan fingerprint density at radius 1 is 0.950 bits per heavy atom. The van der Waals surface area contributed by atoms with Crippen LogP contribution in [0.5, 0.6) is 5.75 Å². The highest BCUT2D eigenvalue weighted by molar-refractivity contribution is 5.41. The van der Waals surface area contributed by atoms with Gasteiger partial charge in [-0.15, -0.1) is 0 Å². The normalized spacial score (nSPS) is 12.1. The van der Waals surface area contributed by atoms with Crippen molar-refractivity contribution in [2.75, 3.05) is 13.2 Å². The van der Waals surface area contributed by atoms with Crippen LogP contribution in [0.25, 0.3) is 0 Å². The van der Waals surface area contributed by atoms with Gasteiger partial charge in [-0.25, -0.2) is 0 Å². The van der Waals surface area contributed by atoms with Crippen LogP contribution < -0.4 is 10.1 Å². The molecule has 1 atom stereocenters. The zero-order chi connectivity index (χ0) is 14.2. The van der Waals surface area contributed by atoms with Gasteiger partial charge in [-0.05, 0) is 31.5 Å². The molecule has 0 aliphatic carbocycles. The van der Waals surface area contributed by atoms with Crippen LogP contribution in [0.3, 0.4) is 0 Å². The molecule has 1 N–H and O–H groups in total. The molecular formula is C18H23NO. The Morgan fingerprint density at radius 2 is 1.65 bits per heavy atom. The van der Waals surface area contributed by atoms with Crippen molar-refractivity contribution in [2.45, 2.75) is 26.3 Å². The first-order chi connectivity index (χ1) is 9.86. The molecule has 0 spiro atoms. The Hall–Kier alpha value is -1.80. The highest BCUT2D eigenvalue weighted by Gasteiger charge is 2.16. The van der Waals surface area contributed by atoms with Gasteiger partial charge in [0, 0.05) is 5.56 Å². The lowest BCUT2D eigenvalue weighted by Crippen LogP contribution is -2.23. The monoisotopic (exact) mass is 269 g/mol. The highest BCUT2D eigenvalue weighted by atomic mass is 16.5. The van der Waals surface area contributed by atoms with Crippen LogP contribution in [0.15, 0.2) is 54.6 Å². The fraction of sp³-hybridized carbons (Fsp3) is 0.333. The molecule has 0 amide bonds. The maximum Gasteiger partial charge on any atom is 0.124 e. The number of rotatable bonds is 7. The lowest BCUT2D eigenvalue weighted by Gasteiger charge is -2.22. The van der Waals surface area contributed by atoms with Crippen molar-refractivity contribution in [1.29, 1.82) is 0 Å². The SMILES string of the molecule is CCCNC(c1ccccc1)c1ccccc1OCC. The van der Waals surface area contributed by atoms with Gasteiger partial charge in [0.25, 0.3) is 0 Å². The number of hydrogen-bond donors (Lipinski definition) is 1. The Bertz CT molecular complexity index is 510. The summed E-state index contributed by atoms with van der Waals surface area (Å²) in [6.07, 6.45) is 1.11. The first-order valence-corrected chi connectivity index (χ1v) is 7.36. The van der Waals surface area contributed by atoms with E-state index in [4.69, 9.17) is 4.74 Å². The van der Waals surface area contributed by atoms with Gasteiger partial charge in [0.2, 0.25) is 0 Å². The number of nitrogens with one attached hydrogen (secondary N) is 1. The van der Waals surface area contributed by atoms with E-state index in [0.29, 0.717) is 6.61 Å². The van der Waals surface area contributed by atoms with Gasteiger partial charge < -0.3 is 10.1 Å². The summed E-state index contributed by atoms with van der Waals surface area (Å²) in [5, 5.41) is 3.62. The third-order valence-electron chi connectivity index (χ3n) is 3.26. The second-order valence-corrected chi connectivity index (χ2v) is 4.77. The van der Waals surface area contributed by atoms with Crippen molar-refractivity contribution in [2.24, 2.45) is 0 Å². The van der Waals surface area contributed by atoms with Crippen LogP contribution in [0.4, 0.5) is 0 Å². The summed E-state index contributed by atoms with van der Waals surface area (Å²) in [4.78, 5) is 0. The number of ether oxygens (including phenoxy) is 1. The molecule has 2 rings (SSSR count). The van der Waals surface area contributed by atoms with E-state index in [0.717, 1.165) is 18.7 Å². The summed E-state index contributed by atoms with van der Waals surface area (Å²) in [6.45, 7) is 5.88. The molecule has 0 fully saturated rings. The van der Waals surface area contributed by atoms with Gasteiger partial charge >= 0.3 is 0 Å². The smallest absolute Gasteiger partial charge is 0.124 e. The molecule has 0 heterocycles. The van der Waals surface area contributed by atoms with Crippen molar-refractivity contribution in [3.8, 4) is 5.75 Å². The number of benzene rings is 2. The Morgan fingerprint density at radius 3 is 2.35 bits per heavy atom. The summed E-state index contributed by atoms with van der Waals surface area (Å²) >= 11 is 0. The molecule has 2 nitrogen and oxygen atoms in total. The molecule has 0 bridgehead atoms. The zero-order valence-corrected chi connectivity index (χ0v) is 12.3. The van der Waals surface area contributed by atoms with Gasteiger partial charge in [-0.1, -0.05) is 55.5 Å². The molecule has 0 saturated heterocycles. The lowest BCUT2D eigenvalue weighted by atomic mass is 9.97. The fourth-order valence-electron chi connectivity index (χ4n) is 2.35. The van der Waals surface area contributed by atoms with Crippen LogP contribution >= 0.6 is 0 Å². The standard InChI is InChI=1S/C18H23NO/c1-3-14-19-18(15-10-6-5-7-11-15)16-12-8-9-13-17(16)20-4-2/h5-13,18-19H,3-4,14H2,1-2H3. The van der Waals surface area contributed by atoms with Crippen molar-refractivity contribution in [3.05, 3.63) is 65.7 Å². The van der Waals surface area contributed by atoms with E-state index in [1.165, 1.54) is 11.1 Å². The van der Waals surface area contributed by atoms with Crippen molar-refractivity contribution in [3.63, 3.8) is 0 Å². The highest BCUT2D eigenvalue weighted by Crippen LogP contribution is 2.30. The molecule has 1 unspecified atom stereocenters. The Balaban J connectivity index is 2.36. The lowest BCUT2D eigenvalue weighted by molar-refractivity contribution is 0.333. The fourth-order valence-corrected chi connectivity index (χ4v) is 2.35. The number of para-hydroxylation sites is 1. The third-order valence-corrected chi connectivity index (χ3v) is 3.26. The van der Waals surface area contributed by atoms with Crippen LogP contribution in [-0.2, 0) is 0 Å². The van der Waals surface area contributed by atoms with E-state index in [-0.39, 0.29) is 6.04 Å². The molecule has 2 aromatic rings. The maximum atomic E-state index is 5.78. The van der Waals surface area contributed by atoms with Crippen LogP contribution in [0.2, 0.25) is 0 Å². The molecule has 0 radical (unpaired) electrons. The zero-order valence-electron chi connectivity index (χ0n) is 12.3. The predicted molar refractivity (Wildman–Crippen MR) is 84.2 cm³/mol. The van der Waals surface area contributed by atoms with Crippen LogP contribution in [0, 0.1) is 0 Å². The largest absolute Gasteiger partial charge is 0.494 e. The minimum Gasteiger partial charge on any atom is -0.494 e. The Kier molecular flexibility index (Phi) is 5.63. The van der Waals surface area contributed by atoms with Gasteiger partial charge in [-0.3, -0.25) is 0 Å². The van der Waals surface area contributed by atoms with Crippen molar-refractivity contribution < 1.29 is 4.74 Å². The maximum absolute atomic E-state index is 5.78. The van der Waals surface area contributed by atoms with Gasteiger partial charge in [0.15, 0.2) is 0 Å². The van der Waals surface area contributed by atoms with E-state index < -0.39 is 0 Å². The quantitative estimate of drug-likeness (QED) is 0.814. The minimum atomic E-state index is 0.180. The molecule has 20 heavy (non-hydrogen) atoms. The summed E-state index contributed by atoms with van der Waals surface area (Å²) < 4.78 is 5.78. The van der Waals surface area contributed by atoms with E-state index in [1.54, 1.807) is 0 Å². The molecule has 2 heteroatoms. The van der Waals surface area contributed by atoms with Crippen LogP contribution in [0.1, 0.15) is 37.4 Å². The summed E-state index contributed by atoms with van der Waals surface area (Å²) in [6, 6.07) is 19.0. The van der Waals surface area contributed by atoms with Gasteiger partial charge in [-0.2, -0.15) is 0 Å². The molecule has 2 aromatic carbocycles. The van der Waals surface area contributed by atoms with Crippen molar-refractivity contribution >= 4 is 0 Å². The summed E-state index contributed by atoms with van der Waals surface area (Å²) in [7, 11) is 0. The van der Waals surface area contributed by atoms with E-state index in [1.807, 2.05) is 19.1 Å². The molecular weight excluding hydrogens is 246 g/mol. The van der Waals surface area contributed by atoms with E-state index >= 15 is 0 Å². The van der Waals surface area contributed by atoms with E-state index in [2.05, 4.69) is 54.7 Å². The number of hydrogen-bond acceptors (Lipinski definition) is 2. The van der Waals surface area contributed by atoms with Crippen molar-refractivity contribution in [1.82, 2.24) is 5.32 Å². The van der Waals surface area contributed by atoms with Gasteiger partial charge in [0.1, 0.15) is 5.75 Å². The molecule has 0 aliphatic rings. The predicted octanol–water partition coefficient (Wildman–Crippen LogP) is 4.17. The second kappa shape index (κ2) is 7.71. The summed E-state index contributed by atoms with van der Waals surface area (Å²) in [5.74, 6) is 0.965. The molecule has 0 aromatic heterocycles. The summed E-state index contributed by atoms with van der Waals surface area (Å²) in [5.41, 5.74) is 2.47. The van der Waals surface area contributed by atoms with Gasteiger partial charge in [0.05, 0.1) is 12.6 Å². The topological polar surface area (TPSA) is 21.3 Å². The molecule has 106 valence electrons.